The molecule has 1 aromatic heterocycles. The number of halogens is 3. The van der Waals surface area contributed by atoms with Gasteiger partial charge in [0.05, 0.1) is 24.9 Å². The molecule has 3 aromatic rings. The Morgan fingerprint density at radius 1 is 1.03 bits per heavy atom. The zero-order valence-corrected chi connectivity index (χ0v) is 16.7. The van der Waals surface area contributed by atoms with Crippen LogP contribution in [0.2, 0.25) is 0 Å². The molecule has 0 radical (unpaired) electrons. The van der Waals surface area contributed by atoms with Crippen LogP contribution in [0.1, 0.15) is 28.1 Å². The van der Waals surface area contributed by atoms with Gasteiger partial charge in [0.2, 0.25) is 0 Å². The summed E-state index contributed by atoms with van der Waals surface area (Å²) in [4.78, 5) is 2.03. The van der Waals surface area contributed by atoms with E-state index in [0.29, 0.717) is 24.6 Å². The first-order valence-electron chi connectivity index (χ1n) is 8.96. The average molecular weight is 405 g/mol. The van der Waals surface area contributed by atoms with Crippen LogP contribution in [0, 0.1) is 13.8 Å². The lowest BCUT2D eigenvalue weighted by Crippen LogP contribution is -2.20. The summed E-state index contributed by atoms with van der Waals surface area (Å²) in [6.45, 7) is 5.09. The van der Waals surface area contributed by atoms with Crippen LogP contribution in [-0.4, -0.2) is 39.3 Å². The molecule has 2 aromatic carbocycles. The zero-order valence-electron chi connectivity index (χ0n) is 16.7. The number of hydrogen-bond acceptors (Lipinski definition) is 5. The fourth-order valence-electron chi connectivity index (χ4n) is 3.36. The molecule has 9 heteroatoms. The standard InChI is InChI=1S/C20H22F3N5O/c1-13-9-15(10-14(2)19(13)29-4)11-27(3)12-18-24-25-26-28(18)17-7-5-16(6-8-17)20(21,22)23/h5-10H,11-12H2,1-4H3. The summed E-state index contributed by atoms with van der Waals surface area (Å²) in [5.41, 5.74) is 3.01. The second-order valence-electron chi connectivity index (χ2n) is 6.99. The zero-order chi connectivity index (χ0) is 21.2. The summed E-state index contributed by atoms with van der Waals surface area (Å²) in [6, 6.07) is 8.90. The summed E-state index contributed by atoms with van der Waals surface area (Å²) < 4.78 is 45.1. The number of aromatic nitrogens is 4. The van der Waals surface area contributed by atoms with Crippen molar-refractivity contribution >= 4 is 0 Å². The van der Waals surface area contributed by atoms with Crippen LogP contribution in [0.5, 0.6) is 5.75 Å². The van der Waals surface area contributed by atoms with Crippen LogP contribution in [0.25, 0.3) is 5.69 Å². The first-order chi connectivity index (χ1) is 13.7. The largest absolute Gasteiger partial charge is 0.496 e. The molecular weight excluding hydrogens is 383 g/mol. The fraction of sp³-hybridized carbons (Fsp3) is 0.350. The van der Waals surface area contributed by atoms with E-state index >= 15 is 0 Å². The monoisotopic (exact) mass is 405 g/mol. The minimum Gasteiger partial charge on any atom is -0.496 e. The Kier molecular flexibility index (Phi) is 5.88. The molecule has 0 aliphatic rings. The SMILES string of the molecule is COc1c(C)cc(CN(C)Cc2nnnn2-c2ccc(C(F)(F)F)cc2)cc1C. The smallest absolute Gasteiger partial charge is 0.416 e. The van der Waals surface area contributed by atoms with Crippen LogP contribution in [0.4, 0.5) is 13.2 Å². The van der Waals surface area contributed by atoms with Crippen LogP contribution >= 0.6 is 0 Å². The molecule has 29 heavy (non-hydrogen) atoms. The van der Waals surface area contributed by atoms with E-state index in [0.717, 1.165) is 34.6 Å². The number of hydrogen-bond donors (Lipinski definition) is 0. The molecule has 6 nitrogen and oxygen atoms in total. The third-order valence-corrected chi connectivity index (χ3v) is 4.56. The van der Waals surface area contributed by atoms with Crippen molar-refractivity contribution in [3.8, 4) is 11.4 Å². The molecule has 0 spiro atoms. The van der Waals surface area contributed by atoms with Crippen LogP contribution in [0.3, 0.4) is 0 Å². The van der Waals surface area contributed by atoms with Crippen molar-refractivity contribution in [3.63, 3.8) is 0 Å². The van der Waals surface area contributed by atoms with E-state index in [1.807, 2.05) is 25.8 Å². The second-order valence-corrected chi connectivity index (χ2v) is 6.99. The fourth-order valence-corrected chi connectivity index (χ4v) is 3.36. The molecule has 1 heterocycles. The second kappa shape index (κ2) is 8.20. The Morgan fingerprint density at radius 3 is 2.21 bits per heavy atom. The number of rotatable bonds is 6. The normalized spacial score (nSPS) is 11.9. The molecule has 0 fully saturated rings. The van der Waals surface area contributed by atoms with Crippen molar-refractivity contribution in [1.29, 1.82) is 0 Å². The van der Waals surface area contributed by atoms with E-state index in [1.54, 1.807) is 7.11 Å². The maximum absolute atomic E-state index is 12.8. The molecule has 154 valence electrons. The minimum atomic E-state index is -4.38. The van der Waals surface area contributed by atoms with Crippen molar-refractivity contribution in [2.24, 2.45) is 0 Å². The van der Waals surface area contributed by atoms with Gasteiger partial charge in [0.1, 0.15) is 5.75 Å². The van der Waals surface area contributed by atoms with Gasteiger partial charge in [0.25, 0.3) is 0 Å². The van der Waals surface area contributed by atoms with Crippen LogP contribution in [-0.2, 0) is 19.3 Å². The summed E-state index contributed by atoms with van der Waals surface area (Å²) in [5, 5.41) is 11.6. The van der Waals surface area contributed by atoms with Gasteiger partial charge < -0.3 is 4.74 Å². The highest BCUT2D eigenvalue weighted by atomic mass is 19.4. The molecule has 0 saturated carbocycles. The van der Waals surface area contributed by atoms with Crippen molar-refractivity contribution in [3.05, 3.63) is 64.5 Å². The van der Waals surface area contributed by atoms with E-state index in [-0.39, 0.29) is 0 Å². The summed E-state index contributed by atoms with van der Waals surface area (Å²) in [7, 11) is 3.59. The quantitative estimate of drug-likeness (QED) is 0.622. The van der Waals surface area contributed by atoms with Gasteiger partial charge >= 0.3 is 6.18 Å². The lowest BCUT2D eigenvalue weighted by atomic mass is 10.1. The number of aryl methyl sites for hydroxylation is 2. The number of tetrazole rings is 1. The lowest BCUT2D eigenvalue weighted by Gasteiger charge is -2.18. The van der Waals surface area contributed by atoms with Crippen LogP contribution in [0.15, 0.2) is 36.4 Å². The summed E-state index contributed by atoms with van der Waals surface area (Å²) >= 11 is 0. The Bertz CT molecular complexity index is 960. The van der Waals surface area contributed by atoms with Crippen molar-refractivity contribution in [2.75, 3.05) is 14.2 Å². The predicted molar refractivity (Wildman–Crippen MR) is 102 cm³/mol. The van der Waals surface area contributed by atoms with Gasteiger partial charge in [-0.3, -0.25) is 4.90 Å². The van der Waals surface area contributed by atoms with Gasteiger partial charge in [-0.1, -0.05) is 12.1 Å². The number of ether oxygens (including phenoxy) is 1. The molecule has 0 amide bonds. The van der Waals surface area contributed by atoms with Gasteiger partial charge in [0.15, 0.2) is 5.82 Å². The highest BCUT2D eigenvalue weighted by Crippen LogP contribution is 2.29. The summed E-state index contributed by atoms with van der Waals surface area (Å²) in [5.74, 6) is 1.41. The Balaban J connectivity index is 1.74. The third-order valence-electron chi connectivity index (χ3n) is 4.56. The Labute approximate surface area is 166 Å². The highest BCUT2D eigenvalue weighted by Gasteiger charge is 2.30. The maximum Gasteiger partial charge on any atom is 0.416 e. The van der Waals surface area contributed by atoms with Crippen molar-refractivity contribution < 1.29 is 17.9 Å². The molecule has 0 bridgehead atoms. The minimum absolute atomic E-state index is 0.429. The first kappa shape index (κ1) is 20.8. The number of benzene rings is 2. The Hall–Kier alpha value is -2.94. The number of nitrogens with zero attached hydrogens (tertiary/aromatic N) is 5. The van der Waals surface area contributed by atoms with Crippen molar-refractivity contribution in [1.82, 2.24) is 25.1 Å². The summed E-state index contributed by atoms with van der Waals surface area (Å²) in [6.07, 6.45) is -4.38. The Morgan fingerprint density at radius 2 is 1.66 bits per heavy atom. The molecule has 0 atom stereocenters. The van der Waals surface area contributed by atoms with Gasteiger partial charge in [-0.05, 0) is 72.3 Å². The first-order valence-corrected chi connectivity index (χ1v) is 8.96. The van der Waals surface area contributed by atoms with Gasteiger partial charge in [-0.2, -0.15) is 17.9 Å². The topological polar surface area (TPSA) is 56.1 Å². The van der Waals surface area contributed by atoms with E-state index in [9.17, 15) is 13.2 Å². The third kappa shape index (κ3) is 4.73. The van der Waals surface area contributed by atoms with Gasteiger partial charge in [-0.25, -0.2) is 0 Å². The number of methoxy groups -OCH3 is 1. The maximum atomic E-state index is 12.8. The van der Waals surface area contributed by atoms with Gasteiger partial charge in [0, 0.05) is 6.54 Å². The van der Waals surface area contributed by atoms with Crippen molar-refractivity contribution in [2.45, 2.75) is 33.1 Å². The molecular formula is C20H22F3N5O. The molecule has 0 aliphatic carbocycles. The van der Waals surface area contributed by atoms with E-state index < -0.39 is 11.7 Å². The molecule has 3 rings (SSSR count). The van der Waals surface area contributed by atoms with E-state index in [1.165, 1.54) is 16.8 Å². The van der Waals surface area contributed by atoms with E-state index in [4.69, 9.17) is 4.74 Å². The number of alkyl halides is 3. The van der Waals surface area contributed by atoms with E-state index in [2.05, 4.69) is 27.7 Å². The predicted octanol–water partition coefficient (Wildman–Crippen LogP) is 3.94. The molecule has 0 N–H and O–H groups in total. The highest BCUT2D eigenvalue weighted by molar-refractivity contribution is 5.43. The van der Waals surface area contributed by atoms with Gasteiger partial charge in [-0.15, -0.1) is 5.10 Å². The lowest BCUT2D eigenvalue weighted by molar-refractivity contribution is -0.137. The molecule has 0 saturated heterocycles. The van der Waals surface area contributed by atoms with Crippen LogP contribution < -0.4 is 4.74 Å². The molecule has 0 aliphatic heterocycles. The molecule has 0 unspecified atom stereocenters. The average Bonchev–Trinajstić information content (AvgIpc) is 3.08.